The van der Waals surface area contributed by atoms with Crippen molar-refractivity contribution in [2.24, 2.45) is 0 Å². The molecule has 0 bridgehead atoms. The standard InChI is InChI=1S/C15H25N3O3S/c1-13-8-5-6-9-14(13)18(22(4,20)21)12-15(19)16-10-7-11-17(2)3/h5-6,8-9H,7,10-12H2,1-4H3,(H,16,19). The molecule has 7 heteroatoms. The van der Waals surface area contributed by atoms with E-state index in [0.29, 0.717) is 12.2 Å². The number of para-hydroxylation sites is 1. The van der Waals surface area contributed by atoms with Crippen molar-refractivity contribution in [3.8, 4) is 0 Å². The Morgan fingerprint density at radius 1 is 1.23 bits per heavy atom. The van der Waals surface area contributed by atoms with Crippen LogP contribution in [0.25, 0.3) is 0 Å². The molecular formula is C15H25N3O3S. The van der Waals surface area contributed by atoms with Gasteiger partial charge in [-0.25, -0.2) is 8.42 Å². The second-order valence-corrected chi connectivity index (χ2v) is 7.47. The van der Waals surface area contributed by atoms with E-state index in [1.54, 1.807) is 12.1 Å². The summed E-state index contributed by atoms with van der Waals surface area (Å²) in [5.41, 5.74) is 1.35. The minimum atomic E-state index is -3.52. The molecule has 0 aromatic heterocycles. The van der Waals surface area contributed by atoms with Gasteiger partial charge in [-0.3, -0.25) is 9.10 Å². The number of nitrogens with zero attached hydrogens (tertiary/aromatic N) is 2. The fourth-order valence-electron chi connectivity index (χ4n) is 2.03. The van der Waals surface area contributed by atoms with Gasteiger partial charge in [0.15, 0.2) is 0 Å². The number of rotatable bonds is 8. The van der Waals surface area contributed by atoms with Crippen LogP contribution in [-0.2, 0) is 14.8 Å². The van der Waals surface area contributed by atoms with Gasteiger partial charge in [-0.1, -0.05) is 18.2 Å². The van der Waals surface area contributed by atoms with E-state index in [0.717, 1.165) is 29.1 Å². The molecule has 0 heterocycles. The molecule has 0 radical (unpaired) electrons. The molecule has 0 fully saturated rings. The maximum absolute atomic E-state index is 12.0. The van der Waals surface area contributed by atoms with Crippen LogP contribution in [0.15, 0.2) is 24.3 Å². The zero-order valence-corrected chi connectivity index (χ0v) is 14.5. The normalized spacial score (nSPS) is 11.5. The van der Waals surface area contributed by atoms with Crippen LogP contribution in [0.1, 0.15) is 12.0 Å². The summed E-state index contributed by atoms with van der Waals surface area (Å²) in [5, 5.41) is 2.76. The largest absolute Gasteiger partial charge is 0.354 e. The van der Waals surface area contributed by atoms with Crippen LogP contribution in [0, 0.1) is 6.92 Å². The third-order valence-electron chi connectivity index (χ3n) is 3.18. The summed E-state index contributed by atoms with van der Waals surface area (Å²) >= 11 is 0. The molecule has 6 nitrogen and oxygen atoms in total. The van der Waals surface area contributed by atoms with Crippen LogP contribution in [0.4, 0.5) is 5.69 Å². The average Bonchev–Trinajstić information content (AvgIpc) is 2.40. The third-order valence-corrected chi connectivity index (χ3v) is 4.30. The molecule has 0 aliphatic carbocycles. The van der Waals surface area contributed by atoms with Crippen molar-refractivity contribution in [3.63, 3.8) is 0 Å². The van der Waals surface area contributed by atoms with Gasteiger partial charge in [0, 0.05) is 6.54 Å². The summed E-state index contributed by atoms with van der Waals surface area (Å²) < 4.78 is 25.1. The Morgan fingerprint density at radius 2 is 1.86 bits per heavy atom. The molecule has 1 aromatic rings. The van der Waals surface area contributed by atoms with E-state index in [4.69, 9.17) is 0 Å². The molecule has 0 unspecified atom stereocenters. The fraction of sp³-hybridized carbons (Fsp3) is 0.533. The smallest absolute Gasteiger partial charge is 0.240 e. The van der Waals surface area contributed by atoms with Crippen molar-refractivity contribution in [2.45, 2.75) is 13.3 Å². The van der Waals surface area contributed by atoms with Gasteiger partial charge >= 0.3 is 0 Å². The van der Waals surface area contributed by atoms with E-state index >= 15 is 0 Å². The van der Waals surface area contributed by atoms with Crippen LogP contribution in [0.2, 0.25) is 0 Å². The summed E-state index contributed by atoms with van der Waals surface area (Å²) in [6, 6.07) is 7.12. The second-order valence-electron chi connectivity index (χ2n) is 5.56. The molecule has 0 aliphatic rings. The van der Waals surface area contributed by atoms with Crippen LogP contribution in [-0.4, -0.2) is 59.2 Å². The van der Waals surface area contributed by atoms with Crippen molar-refractivity contribution >= 4 is 21.6 Å². The number of benzene rings is 1. The molecule has 1 aromatic carbocycles. The van der Waals surface area contributed by atoms with E-state index in [-0.39, 0.29) is 12.5 Å². The lowest BCUT2D eigenvalue weighted by atomic mass is 10.2. The van der Waals surface area contributed by atoms with E-state index in [1.807, 2.05) is 38.1 Å². The highest BCUT2D eigenvalue weighted by Crippen LogP contribution is 2.21. The molecule has 0 atom stereocenters. The zero-order chi connectivity index (χ0) is 16.8. The van der Waals surface area contributed by atoms with Crippen molar-refractivity contribution in [1.29, 1.82) is 0 Å². The molecule has 1 amide bonds. The van der Waals surface area contributed by atoms with Crippen LogP contribution < -0.4 is 9.62 Å². The van der Waals surface area contributed by atoms with Gasteiger partial charge in [-0.15, -0.1) is 0 Å². The lowest BCUT2D eigenvalue weighted by molar-refractivity contribution is -0.119. The molecular weight excluding hydrogens is 302 g/mol. The molecule has 124 valence electrons. The number of aryl methyl sites for hydroxylation is 1. The van der Waals surface area contributed by atoms with Crippen molar-refractivity contribution in [3.05, 3.63) is 29.8 Å². The van der Waals surface area contributed by atoms with E-state index in [1.165, 1.54) is 0 Å². The number of amides is 1. The Kier molecular flexibility index (Phi) is 6.83. The van der Waals surface area contributed by atoms with Gasteiger partial charge in [-0.2, -0.15) is 0 Å². The van der Waals surface area contributed by atoms with Gasteiger partial charge in [0.05, 0.1) is 11.9 Å². The Bertz CT molecular complexity index is 600. The summed E-state index contributed by atoms with van der Waals surface area (Å²) in [5.74, 6) is -0.299. The van der Waals surface area contributed by atoms with Gasteiger partial charge in [0.1, 0.15) is 6.54 Å². The highest BCUT2D eigenvalue weighted by atomic mass is 32.2. The van der Waals surface area contributed by atoms with E-state index in [2.05, 4.69) is 5.32 Å². The van der Waals surface area contributed by atoms with Gasteiger partial charge in [-0.05, 0) is 45.6 Å². The highest BCUT2D eigenvalue weighted by Gasteiger charge is 2.21. The van der Waals surface area contributed by atoms with E-state index < -0.39 is 10.0 Å². The zero-order valence-electron chi connectivity index (χ0n) is 13.7. The predicted molar refractivity (Wildman–Crippen MR) is 89.5 cm³/mol. The third kappa shape index (κ3) is 6.03. The molecule has 0 spiro atoms. The molecule has 0 saturated heterocycles. The number of hydrogen-bond acceptors (Lipinski definition) is 4. The lowest BCUT2D eigenvalue weighted by Crippen LogP contribution is -2.41. The first-order valence-corrected chi connectivity index (χ1v) is 9.01. The quantitative estimate of drug-likeness (QED) is 0.718. The van der Waals surface area contributed by atoms with E-state index in [9.17, 15) is 13.2 Å². The summed E-state index contributed by atoms with van der Waals surface area (Å²) in [6.07, 6.45) is 1.93. The summed E-state index contributed by atoms with van der Waals surface area (Å²) in [4.78, 5) is 14.0. The summed E-state index contributed by atoms with van der Waals surface area (Å²) in [6.45, 7) is 3.02. The molecule has 22 heavy (non-hydrogen) atoms. The van der Waals surface area contributed by atoms with Crippen molar-refractivity contribution in [2.75, 3.05) is 44.3 Å². The number of nitrogens with one attached hydrogen (secondary N) is 1. The highest BCUT2D eigenvalue weighted by molar-refractivity contribution is 7.92. The monoisotopic (exact) mass is 327 g/mol. The maximum atomic E-state index is 12.0. The molecule has 0 saturated carbocycles. The predicted octanol–water partition coefficient (Wildman–Crippen LogP) is 0.829. The average molecular weight is 327 g/mol. The van der Waals surface area contributed by atoms with Crippen molar-refractivity contribution in [1.82, 2.24) is 10.2 Å². The minimum absolute atomic E-state index is 0.203. The van der Waals surface area contributed by atoms with Crippen LogP contribution in [0.5, 0.6) is 0 Å². The van der Waals surface area contributed by atoms with Gasteiger partial charge in [0.2, 0.25) is 15.9 Å². The number of sulfonamides is 1. The lowest BCUT2D eigenvalue weighted by Gasteiger charge is -2.23. The first kappa shape index (κ1) is 18.4. The molecule has 1 N–H and O–H groups in total. The van der Waals surface area contributed by atoms with Crippen molar-refractivity contribution < 1.29 is 13.2 Å². The molecule has 0 aliphatic heterocycles. The maximum Gasteiger partial charge on any atom is 0.240 e. The fourth-order valence-corrected chi connectivity index (χ4v) is 2.95. The molecule has 1 rings (SSSR count). The topological polar surface area (TPSA) is 69.7 Å². The number of anilines is 1. The minimum Gasteiger partial charge on any atom is -0.354 e. The Hall–Kier alpha value is -1.60. The van der Waals surface area contributed by atoms with Crippen LogP contribution >= 0.6 is 0 Å². The SMILES string of the molecule is Cc1ccccc1N(CC(=O)NCCCN(C)C)S(C)(=O)=O. The van der Waals surface area contributed by atoms with Gasteiger partial charge in [0.25, 0.3) is 0 Å². The first-order chi connectivity index (χ1) is 10.2. The number of carbonyl (C=O) groups excluding carboxylic acids is 1. The number of hydrogen-bond donors (Lipinski definition) is 1. The first-order valence-electron chi connectivity index (χ1n) is 7.16. The Morgan fingerprint density at radius 3 is 2.41 bits per heavy atom. The summed E-state index contributed by atoms with van der Waals surface area (Å²) in [7, 11) is 0.412. The Balaban J connectivity index is 2.72. The second kappa shape index (κ2) is 8.14. The van der Waals surface area contributed by atoms with Gasteiger partial charge < -0.3 is 10.2 Å². The Labute approximate surface area is 133 Å². The van der Waals surface area contributed by atoms with Crippen LogP contribution in [0.3, 0.4) is 0 Å². The number of carbonyl (C=O) groups is 1.